The fourth-order valence-electron chi connectivity index (χ4n) is 2.67. The molecule has 23 heavy (non-hydrogen) atoms. The monoisotopic (exact) mass is 331 g/mol. The summed E-state index contributed by atoms with van der Waals surface area (Å²) in [6, 6.07) is 5.77. The number of aromatic nitrogens is 1. The molecule has 0 saturated heterocycles. The predicted molar refractivity (Wildman–Crippen MR) is 90.0 cm³/mol. The number of hydrogen-bond acceptors (Lipinski definition) is 4. The molecule has 120 valence electrons. The van der Waals surface area contributed by atoms with Gasteiger partial charge < -0.3 is 15.0 Å². The summed E-state index contributed by atoms with van der Waals surface area (Å²) >= 11 is 6.33. The van der Waals surface area contributed by atoms with Crippen LogP contribution in [0.3, 0.4) is 0 Å². The van der Waals surface area contributed by atoms with Gasteiger partial charge in [0, 0.05) is 11.2 Å². The van der Waals surface area contributed by atoms with Crippen LogP contribution in [-0.4, -0.2) is 17.6 Å². The van der Waals surface area contributed by atoms with Crippen LogP contribution in [0.4, 0.5) is 5.69 Å². The standard InChI is InChI=1S/C17H18ClN3O2/c1-4-10-6-7-13(18)12(5-2)15(10)21-9-11(8-19)14(20)16(21)17(22)23-3/h6-7,9H,4-5,20H2,1-3H3. The highest BCUT2D eigenvalue weighted by Crippen LogP contribution is 2.32. The first kappa shape index (κ1) is 16.9. The largest absolute Gasteiger partial charge is 0.464 e. The zero-order valence-electron chi connectivity index (χ0n) is 13.3. The molecule has 0 atom stereocenters. The van der Waals surface area contributed by atoms with Crippen LogP contribution in [0.2, 0.25) is 5.02 Å². The number of halogens is 1. The van der Waals surface area contributed by atoms with Crippen molar-refractivity contribution in [3.63, 3.8) is 0 Å². The Morgan fingerprint density at radius 3 is 2.61 bits per heavy atom. The number of benzene rings is 1. The zero-order chi connectivity index (χ0) is 17.1. The zero-order valence-corrected chi connectivity index (χ0v) is 14.1. The summed E-state index contributed by atoms with van der Waals surface area (Å²) in [5.41, 5.74) is 9.16. The molecule has 0 bridgehead atoms. The van der Waals surface area contributed by atoms with Gasteiger partial charge in [0.1, 0.15) is 6.07 Å². The van der Waals surface area contributed by atoms with Crippen LogP contribution in [0.5, 0.6) is 0 Å². The number of nitrogens with two attached hydrogens (primary N) is 1. The Balaban J connectivity index is 2.90. The van der Waals surface area contributed by atoms with Gasteiger partial charge in [-0.15, -0.1) is 0 Å². The van der Waals surface area contributed by atoms with E-state index in [1.807, 2.05) is 32.0 Å². The van der Waals surface area contributed by atoms with Crippen molar-refractivity contribution in [2.45, 2.75) is 26.7 Å². The number of rotatable bonds is 4. The summed E-state index contributed by atoms with van der Waals surface area (Å²) in [4.78, 5) is 12.2. The van der Waals surface area contributed by atoms with Crippen LogP contribution < -0.4 is 5.73 Å². The maximum absolute atomic E-state index is 12.2. The molecule has 0 aliphatic rings. The van der Waals surface area contributed by atoms with Gasteiger partial charge in [-0.2, -0.15) is 5.26 Å². The summed E-state index contributed by atoms with van der Waals surface area (Å²) in [7, 11) is 1.28. The van der Waals surface area contributed by atoms with Gasteiger partial charge in [-0.05, 0) is 30.0 Å². The molecule has 6 heteroatoms. The molecular weight excluding hydrogens is 314 g/mol. The number of carbonyl (C=O) groups is 1. The van der Waals surface area contributed by atoms with Crippen molar-refractivity contribution in [1.29, 1.82) is 5.26 Å². The van der Waals surface area contributed by atoms with Crippen LogP contribution in [0.1, 0.15) is 41.0 Å². The van der Waals surface area contributed by atoms with Crippen LogP contribution >= 0.6 is 11.6 Å². The first-order valence-corrected chi connectivity index (χ1v) is 7.67. The van der Waals surface area contributed by atoms with Gasteiger partial charge in [0.2, 0.25) is 0 Å². The Hall–Kier alpha value is -2.45. The van der Waals surface area contributed by atoms with Crippen LogP contribution in [0.15, 0.2) is 18.3 Å². The highest BCUT2D eigenvalue weighted by Gasteiger charge is 2.24. The van der Waals surface area contributed by atoms with Gasteiger partial charge >= 0.3 is 5.97 Å². The SMILES string of the molecule is CCc1ccc(Cl)c(CC)c1-n1cc(C#N)c(N)c1C(=O)OC. The summed E-state index contributed by atoms with van der Waals surface area (Å²) < 4.78 is 6.46. The van der Waals surface area contributed by atoms with E-state index in [1.54, 1.807) is 10.8 Å². The number of nitrogen functional groups attached to an aromatic ring is 1. The molecule has 0 aliphatic carbocycles. The average molecular weight is 332 g/mol. The van der Waals surface area contributed by atoms with Gasteiger partial charge in [0.25, 0.3) is 0 Å². The Kier molecular flexibility index (Phi) is 4.97. The molecule has 0 radical (unpaired) electrons. The van der Waals surface area contributed by atoms with Crippen molar-refractivity contribution in [1.82, 2.24) is 4.57 Å². The van der Waals surface area contributed by atoms with Gasteiger partial charge in [-0.3, -0.25) is 0 Å². The predicted octanol–water partition coefficient (Wildman–Crippen LogP) is 3.50. The second-order valence-corrected chi connectivity index (χ2v) is 5.43. The van der Waals surface area contributed by atoms with E-state index in [-0.39, 0.29) is 16.9 Å². The summed E-state index contributed by atoms with van der Waals surface area (Å²) in [5, 5.41) is 9.86. The van der Waals surface area contributed by atoms with E-state index in [4.69, 9.17) is 22.1 Å². The first-order chi connectivity index (χ1) is 11.0. The van der Waals surface area contributed by atoms with Crippen molar-refractivity contribution in [3.8, 4) is 11.8 Å². The molecule has 2 rings (SSSR count). The molecule has 0 spiro atoms. The molecule has 0 unspecified atom stereocenters. The lowest BCUT2D eigenvalue weighted by atomic mass is 10.0. The maximum Gasteiger partial charge on any atom is 0.357 e. The van der Waals surface area contributed by atoms with E-state index in [1.165, 1.54) is 7.11 Å². The lowest BCUT2D eigenvalue weighted by Crippen LogP contribution is -2.14. The number of anilines is 1. The van der Waals surface area contributed by atoms with Crippen LogP contribution in [0, 0.1) is 11.3 Å². The second kappa shape index (κ2) is 6.76. The number of carbonyl (C=O) groups excluding carboxylic acids is 1. The van der Waals surface area contributed by atoms with Crippen LogP contribution in [-0.2, 0) is 17.6 Å². The van der Waals surface area contributed by atoms with E-state index in [0.717, 1.165) is 23.2 Å². The van der Waals surface area contributed by atoms with E-state index in [2.05, 4.69) is 0 Å². The molecule has 2 aromatic rings. The first-order valence-electron chi connectivity index (χ1n) is 7.29. The minimum absolute atomic E-state index is 0.114. The smallest absolute Gasteiger partial charge is 0.357 e. The summed E-state index contributed by atoms with van der Waals surface area (Å²) in [5.74, 6) is -0.590. The van der Waals surface area contributed by atoms with Crippen LogP contribution in [0.25, 0.3) is 5.69 Å². The number of aryl methyl sites for hydroxylation is 1. The molecule has 0 fully saturated rings. The number of nitriles is 1. The fourth-order valence-corrected chi connectivity index (χ4v) is 2.96. The van der Waals surface area contributed by atoms with E-state index < -0.39 is 5.97 Å². The van der Waals surface area contributed by atoms with Crippen molar-refractivity contribution in [2.24, 2.45) is 0 Å². The Labute approximate surface area is 140 Å². The quantitative estimate of drug-likeness (QED) is 0.869. The number of methoxy groups -OCH3 is 1. The minimum Gasteiger partial charge on any atom is -0.464 e. The third-order valence-corrected chi connectivity index (χ3v) is 4.18. The van der Waals surface area contributed by atoms with Crippen molar-refractivity contribution >= 4 is 23.3 Å². The molecule has 1 aromatic heterocycles. The third-order valence-electron chi connectivity index (χ3n) is 3.83. The van der Waals surface area contributed by atoms with E-state index >= 15 is 0 Å². The topological polar surface area (TPSA) is 81.0 Å². The van der Waals surface area contributed by atoms with E-state index in [9.17, 15) is 10.1 Å². The number of esters is 1. The summed E-state index contributed by atoms with van der Waals surface area (Å²) in [6.07, 6.45) is 2.99. The van der Waals surface area contributed by atoms with Crippen molar-refractivity contribution in [2.75, 3.05) is 12.8 Å². The van der Waals surface area contributed by atoms with Crippen molar-refractivity contribution < 1.29 is 9.53 Å². The van der Waals surface area contributed by atoms with Gasteiger partial charge in [0.05, 0.1) is 24.0 Å². The Bertz CT molecular complexity index is 803. The lowest BCUT2D eigenvalue weighted by molar-refractivity contribution is 0.0593. The second-order valence-electron chi connectivity index (χ2n) is 5.02. The number of nitrogens with zero attached hydrogens (tertiary/aromatic N) is 2. The molecule has 0 aliphatic heterocycles. The summed E-state index contributed by atoms with van der Waals surface area (Å²) in [6.45, 7) is 4.00. The highest BCUT2D eigenvalue weighted by atomic mass is 35.5. The van der Waals surface area contributed by atoms with Crippen molar-refractivity contribution in [3.05, 3.63) is 45.7 Å². The van der Waals surface area contributed by atoms with Gasteiger partial charge in [-0.1, -0.05) is 31.5 Å². The van der Waals surface area contributed by atoms with Gasteiger partial charge in [-0.25, -0.2) is 4.79 Å². The Morgan fingerprint density at radius 2 is 2.09 bits per heavy atom. The van der Waals surface area contributed by atoms with E-state index in [0.29, 0.717) is 11.4 Å². The molecule has 2 N–H and O–H groups in total. The molecular formula is C17H18ClN3O2. The number of hydrogen-bond donors (Lipinski definition) is 1. The highest BCUT2D eigenvalue weighted by molar-refractivity contribution is 6.31. The molecule has 0 saturated carbocycles. The number of ether oxygens (including phenoxy) is 1. The molecule has 0 amide bonds. The minimum atomic E-state index is -0.590. The van der Waals surface area contributed by atoms with Gasteiger partial charge in [0.15, 0.2) is 5.69 Å². The maximum atomic E-state index is 12.2. The lowest BCUT2D eigenvalue weighted by Gasteiger charge is -2.18. The molecule has 1 heterocycles. The third kappa shape index (κ3) is 2.78. The Morgan fingerprint density at radius 1 is 1.39 bits per heavy atom. The molecule has 5 nitrogen and oxygen atoms in total. The normalized spacial score (nSPS) is 10.4. The average Bonchev–Trinajstić information content (AvgIpc) is 2.89. The molecule has 1 aromatic carbocycles. The fraction of sp³-hybridized carbons (Fsp3) is 0.294.